The molecule has 2 heterocycles. The van der Waals surface area contributed by atoms with Crippen LogP contribution in [-0.2, 0) is 6.54 Å². The summed E-state index contributed by atoms with van der Waals surface area (Å²) < 4.78 is 0. The van der Waals surface area contributed by atoms with Crippen molar-refractivity contribution in [2.24, 2.45) is 0 Å². The zero-order chi connectivity index (χ0) is 12.2. The highest BCUT2D eigenvalue weighted by atomic mass is 15.1. The van der Waals surface area contributed by atoms with Gasteiger partial charge in [0.1, 0.15) is 0 Å². The van der Waals surface area contributed by atoms with Crippen LogP contribution in [0.3, 0.4) is 0 Å². The van der Waals surface area contributed by atoms with E-state index in [9.17, 15) is 0 Å². The van der Waals surface area contributed by atoms with Gasteiger partial charge in [0.2, 0.25) is 0 Å². The second-order valence-corrected chi connectivity index (χ2v) is 4.71. The molecular formula is C15H17N3. The van der Waals surface area contributed by atoms with Crippen molar-refractivity contribution in [1.29, 1.82) is 0 Å². The maximum atomic E-state index is 4.35. The van der Waals surface area contributed by atoms with Crippen molar-refractivity contribution < 1.29 is 0 Å². The van der Waals surface area contributed by atoms with E-state index in [4.69, 9.17) is 0 Å². The first-order valence-corrected chi connectivity index (χ1v) is 6.51. The molecule has 1 aromatic carbocycles. The summed E-state index contributed by atoms with van der Waals surface area (Å²) in [5.74, 6) is 0.826. The summed E-state index contributed by atoms with van der Waals surface area (Å²) in [6, 6.07) is 10.3. The van der Waals surface area contributed by atoms with E-state index in [0.29, 0.717) is 0 Å². The lowest BCUT2D eigenvalue weighted by Crippen LogP contribution is -2.18. The lowest BCUT2D eigenvalue weighted by Gasteiger charge is -2.16. The van der Waals surface area contributed by atoms with Crippen LogP contribution in [0.15, 0.2) is 42.7 Å². The number of benzene rings is 1. The smallest absolute Gasteiger partial charge is 0.159 e. The predicted octanol–water partition coefficient (Wildman–Crippen LogP) is 2.74. The van der Waals surface area contributed by atoms with E-state index in [-0.39, 0.29) is 0 Å². The van der Waals surface area contributed by atoms with Gasteiger partial charge < -0.3 is 0 Å². The van der Waals surface area contributed by atoms with Crippen molar-refractivity contribution in [1.82, 2.24) is 14.9 Å². The quantitative estimate of drug-likeness (QED) is 0.824. The molecule has 0 atom stereocenters. The Morgan fingerprint density at radius 3 is 2.44 bits per heavy atom. The monoisotopic (exact) mass is 239 g/mol. The van der Waals surface area contributed by atoms with Crippen molar-refractivity contribution in [3.05, 3.63) is 48.3 Å². The van der Waals surface area contributed by atoms with E-state index in [1.165, 1.54) is 31.5 Å². The van der Waals surface area contributed by atoms with Crippen molar-refractivity contribution >= 4 is 0 Å². The summed E-state index contributed by atoms with van der Waals surface area (Å²) in [5, 5.41) is 0. The Balaban J connectivity index is 1.90. The van der Waals surface area contributed by atoms with Gasteiger partial charge in [0.05, 0.1) is 0 Å². The summed E-state index contributed by atoms with van der Waals surface area (Å²) >= 11 is 0. The Hall–Kier alpha value is -1.74. The third-order valence-electron chi connectivity index (χ3n) is 3.42. The molecule has 0 aliphatic carbocycles. The maximum Gasteiger partial charge on any atom is 0.159 e. The van der Waals surface area contributed by atoms with Gasteiger partial charge in [-0.05, 0) is 37.6 Å². The molecule has 1 fully saturated rings. The van der Waals surface area contributed by atoms with Crippen LogP contribution in [0.4, 0.5) is 0 Å². The van der Waals surface area contributed by atoms with E-state index in [2.05, 4.69) is 39.1 Å². The molecule has 0 saturated carbocycles. The number of hydrogen-bond acceptors (Lipinski definition) is 3. The molecular weight excluding hydrogens is 222 g/mol. The topological polar surface area (TPSA) is 29.0 Å². The van der Waals surface area contributed by atoms with Gasteiger partial charge in [-0.2, -0.15) is 0 Å². The van der Waals surface area contributed by atoms with Crippen LogP contribution in [0.2, 0.25) is 0 Å². The normalized spacial score (nSPS) is 16.0. The standard InChI is InChI=1S/C15H17N3/c1-2-7-14(15-16-8-5-9-17-15)13(6-1)12-18-10-3-4-11-18/h1-2,5-9H,3-4,10-12H2. The molecule has 0 bridgehead atoms. The predicted molar refractivity (Wildman–Crippen MR) is 72.0 cm³/mol. The third kappa shape index (κ3) is 2.41. The maximum absolute atomic E-state index is 4.35. The van der Waals surface area contributed by atoms with Gasteiger partial charge in [0, 0.05) is 24.5 Å². The fraction of sp³-hybridized carbons (Fsp3) is 0.333. The first-order valence-electron chi connectivity index (χ1n) is 6.51. The van der Waals surface area contributed by atoms with Gasteiger partial charge in [-0.3, -0.25) is 4.90 Å². The fourth-order valence-electron chi connectivity index (χ4n) is 2.50. The summed E-state index contributed by atoms with van der Waals surface area (Å²) in [6.07, 6.45) is 6.25. The molecule has 0 amide bonds. The first-order chi connectivity index (χ1) is 8.93. The van der Waals surface area contributed by atoms with E-state index < -0.39 is 0 Å². The van der Waals surface area contributed by atoms with Crippen LogP contribution in [0.1, 0.15) is 18.4 Å². The Bertz CT molecular complexity index is 504. The van der Waals surface area contributed by atoms with Crippen molar-refractivity contribution in [3.8, 4) is 11.4 Å². The molecule has 0 spiro atoms. The SMILES string of the molecule is c1cnc(-c2ccccc2CN2CCCC2)nc1. The fourth-order valence-corrected chi connectivity index (χ4v) is 2.50. The highest BCUT2D eigenvalue weighted by Gasteiger charge is 2.14. The highest BCUT2D eigenvalue weighted by molar-refractivity contribution is 5.59. The molecule has 1 aliphatic rings. The van der Waals surface area contributed by atoms with Crippen LogP contribution >= 0.6 is 0 Å². The summed E-state index contributed by atoms with van der Waals surface area (Å²) in [4.78, 5) is 11.2. The molecule has 0 unspecified atom stereocenters. The largest absolute Gasteiger partial charge is 0.299 e. The molecule has 1 saturated heterocycles. The Morgan fingerprint density at radius 1 is 0.944 bits per heavy atom. The van der Waals surface area contributed by atoms with Crippen molar-refractivity contribution in [3.63, 3.8) is 0 Å². The second kappa shape index (κ2) is 5.27. The van der Waals surface area contributed by atoms with E-state index in [1.54, 1.807) is 12.4 Å². The van der Waals surface area contributed by atoms with Crippen LogP contribution in [0, 0.1) is 0 Å². The van der Waals surface area contributed by atoms with Crippen molar-refractivity contribution in [2.75, 3.05) is 13.1 Å². The minimum Gasteiger partial charge on any atom is -0.299 e. The molecule has 3 rings (SSSR count). The zero-order valence-corrected chi connectivity index (χ0v) is 10.4. The molecule has 1 aromatic heterocycles. The summed E-state index contributed by atoms with van der Waals surface area (Å²) in [5.41, 5.74) is 2.48. The molecule has 3 nitrogen and oxygen atoms in total. The van der Waals surface area contributed by atoms with Gasteiger partial charge in [0.15, 0.2) is 5.82 Å². The summed E-state index contributed by atoms with van der Waals surface area (Å²) in [7, 11) is 0. The average Bonchev–Trinajstić information content (AvgIpc) is 2.93. The van der Waals surface area contributed by atoms with Crippen LogP contribution < -0.4 is 0 Å². The highest BCUT2D eigenvalue weighted by Crippen LogP contribution is 2.22. The van der Waals surface area contributed by atoms with Crippen LogP contribution in [0.5, 0.6) is 0 Å². The number of nitrogens with zero attached hydrogens (tertiary/aromatic N) is 3. The number of hydrogen-bond donors (Lipinski definition) is 0. The molecule has 1 aliphatic heterocycles. The lowest BCUT2D eigenvalue weighted by molar-refractivity contribution is 0.332. The molecule has 3 heteroatoms. The van der Waals surface area contributed by atoms with Crippen LogP contribution in [0.25, 0.3) is 11.4 Å². The summed E-state index contributed by atoms with van der Waals surface area (Å²) in [6.45, 7) is 3.43. The lowest BCUT2D eigenvalue weighted by atomic mass is 10.1. The number of rotatable bonds is 3. The van der Waals surface area contributed by atoms with E-state index in [0.717, 1.165) is 17.9 Å². The average molecular weight is 239 g/mol. The minimum atomic E-state index is 0.826. The first kappa shape index (κ1) is 11.4. The van der Waals surface area contributed by atoms with Gasteiger partial charge >= 0.3 is 0 Å². The molecule has 92 valence electrons. The third-order valence-corrected chi connectivity index (χ3v) is 3.42. The number of likely N-dealkylation sites (tertiary alicyclic amines) is 1. The Kier molecular flexibility index (Phi) is 3.33. The number of aromatic nitrogens is 2. The van der Waals surface area contributed by atoms with Gasteiger partial charge in [0.25, 0.3) is 0 Å². The Labute approximate surface area is 108 Å². The van der Waals surface area contributed by atoms with E-state index in [1.807, 2.05) is 6.07 Å². The van der Waals surface area contributed by atoms with E-state index >= 15 is 0 Å². The minimum absolute atomic E-state index is 0.826. The van der Waals surface area contributed by atoms with Gasteiger partial charge in [-0.15, -0.1) is 0 Å². The molecule has 18 heavy (non-hydrogen) atoms. The molecule has 2 aromatic rings. The second-order valence-electron chi connectivity index (χ2n) is 4.71. The van der Waals surface area contributed by atoms with Crippen LogP contribution in [-0.4, -0.2) is 28.0 Å². The van der Waals surface area contributed by atoms with Crippen molar-refractivity contribution in [2.45, 2.75) is 19.4 Å². The van der Waals surface area contributed by atoms with Gasteiger partial charge in [-0.25, -0.2) is 9.97 Å². The van der Waals surface area contributed by atoms with Gasteiger partial charge in [-0.1, -0.05) is 24.3 Å². The molecule has 0 radical (unpaired) electrons. The zero-order valence-electron chi connectivity index (χ0n) is 10.4. The molecule has 0 N–H and O–H groups in total. The Morgan fingerprint density at radius 2 is 1.67 bits per heavy atom.